The fraction of sp³-hybridized carbons (Fsp3) is 0.455. The van der Waals surface area contributed by atoms with Gasteiger partial charge >= 0.3 is 0 Å². The van der Waals surface area contributed by atoms with Gasteiger partial charge in [-0.3, -0.25) is 4.98 Å². The maximum Gasteiger partial charge on any atom is 0.101 e. The van der Waals surface area contributed by atoms with E-state index in [4.69, 9.17) is 5.26 Å². The third-order valence-corrected chi connectivity index (χ3v) is 2.03. The van der Waals surface area contributed by atoms with E-state index in [0.717, 1.165) is 24.1 Å². The quantitative estimate of drug-likeness (QED) is 0.658. The van der Waals surface area contributed by atoms with E-state index in [0.29, 0.717) is 0 Å². The van der Waals surface area contributed by atoms with Crippen molar-refractivity contribution >= 4 is 0 Å². The lowest BCUT2D eigenvalue weighted by Crippen LogP contribution is -1.93. The van der Waals surface area contributed by atoms with Crippen LogP contribution in [-0.2, 0) is 6.42 Å². The molecule has 0 spiro atoms. The van der Waals surface area contributed by atoms with Crippen LogP contribution < -0.4 is 0 Å². The van der Waals surface area contributed by atoms with E-state index in [2.05, 4.69) is 18.0 Å². The Hall–Kier alpha value is -1.36. The average molecular weight is 174 g/mol. The second kappa shape index (κ2) is 5.31. The Kier molecular flexibility index (Phi) is 3.98. The highest BCUT2D eigenvalue weighted by Gasteiger charge is 2.00. The number of nitriles is 1. The minimum absolute atomic E-state index is 0.721. The van der Waals surface area contributed by atoms with Crippen molar-refractivity contribution in [2.75, 3.05) is 0 Å². The van der Waals surface area contributed by atoms with Crippen molar-refractivity contribution in [3.05, 3.63) is 29.6 Å². The summed E-state index contributed by atoms with van der Waals surface area (Å²) < 4.78 is 0. The highest BCUT2D eigenvalue weighted by Crippen LogP contribution is 2.08. The molecule has 13 heavy (non-hydrogen) atoms. The maximum atomic E-state index is 8.78. The standard InChI is InChI=1S/C11H14N2/c1-2-3-4-7-11-10(9-12)6-5-8-13-11/h5-6,8H,2-4,7H2,1H3. The molecular formula is C11H14N2. The Labute approximate surface area is 79.2 Å². The molecule has 0 radical (unpaired) electrons. The van der Waals surface area contributed by atoms with Crippen molar-refractivity contribution in [3.63, 3.8) is 0 Å². The fourth-order valence-electron chi connectivity index (χ4n) is 1.28. The molecule has 2 heteroatoms. The summed E-state index contributed by atoms with van der Waals surface area (Å²) in [7, 11) is 0. The summed E-state index contributed by atoms with van der Waals surface area (Å²) in [6, 6.07) is 5.80. The molecule has 0 aromatic carbocycles. The van der Waals surface area contributed by atoms with E-state index in [9.17, 15) is 0 Å². The minimum atomic E-state index is 0.721. The molecule has 0 saturated heterocycles. The molecule has 1 aromatic rings. The van der Waals surface area contributed by atoms with Gasteiger partial charge < -0.3 is 0 Å². The second-order valence-electron chi connectivity index (χ2n) is 3.07. The van der Waals surface area contributed by atoms with Gasteiger partial charge in [0.15, 0.2) is 0 Å². The molecule has 68 valence electrons. The van der Waals surface area contributed by atoms with Crippen molar-refractivity contribution < 1.29 is 0 Å². The number of hydrogen-bond donors (Lipinski definition) is 0. The Bertz CT molecular complexity index is 299. The molecule has 1 heterocycles. The molecule has 0 unspecified atom stereocenters. The van der Waals surface area contributed by atoms with Gasteiger partial charge in [-0.1, -0.05) is 19.8 Å². The molecule has 0 N–H and O–H groups in total. The van der Waals surface area contributed by atoms with E-state index in [1.807, 2.05) is 12.1 Å². The van der Waals surface area contributed by atoms with E-state index < -0.39 is 0 Å². The predicted molar refractivity (Wildman–Crippen MR) is 52.2 cm³/mol. The van der Waals surface area contributed by atoms with Crippen LogP contribution in [-0.4, -0.2) is 4.98 Å². The first-order chi connectivity index (χ1) is 6.38. The lowest BCUT2D eigenvalue weighted by molar-refractivity contribution is 0.706. The maximum absolute atomic E-state index is 8.78. The zero-order valence-electron chi connectivity index (χ0n) is 7.95. The molecule has 2 nitrogen and oxygen atoms in total. The topological polar surface area (TPSA) is 36.7 Å². The predicted octanol–water partition coefficient (Wildman–Crippen LogP) is 2.69. The normalized spacial score (nSPS) is 9.54. The van der Waals surface area contributed by atoms with Crippen molar-refractivity contribution in [1.29, 1.82) is 5.26 Å². The minimum Gasteiger partial charge on any atom is -0.260 e. The van der Waals surface area contributed by atoms with Crippen LogP contribution in [0.15, 0.2) is 18.3 Å². The van der Waals surface area contributed by atoms with Crippen LogP contribution in [0.2, 0.25) is 0 Å². The summed E-state index contributed by atoms with van der Waals surface area (Å²) in [6.07, 6.45) is 6.22. The van der Waals surface area contributed by atoms with Crippen molar-refractivity contribution in [2.24, 2.45) is 0 Å². The number of unbranched alkanes of at least 4 members (excludes halogenated alkanes) is 2. The van der Waals surface area contributed by atoms with Gasteiger partial charge in [0.25, 0.3) is 0 Å². The van der Waals surface area contributed by atoms with E-state index in [1.165, 1.54) is 12.8 Å². The molecule has 0 aliphatic rings. The highest BCUT2D eigenvalue weighted by molar-refractivity contribution is 5.32. The summed E-state index contributed by atoms with van der Waals surface area (Å²) in [6.45, 7) is 2.17. The van der Waals surface area contributed by atoms with Gasteiger partial charge in [0.1, 0.15) is 6.07 Å². The molecule has 0 fully saturated rings. The molecule has 1 aromatic heterocycles. The van der Waals surface area contributed by atoms with Gasteiger partial charge in [-0.15, -0.1) is 0 Å². The molecule has 1 rings (SSSR count). The van der Waals surface area contributed by atoms with E-state index in [-0.39, 0.29) is 0 Å². The first-order valence-corrected chi connectivity index (χ1v) is 4.72. The lowest BCUT2D eigenvalue weighted by Gasteiger charge is -2.00. The summed E-state index contributed by atoms with van der Waals surface area (Å²) in [4.78, 5) is 4.20. The Balaban J connectivity index is 2.60. The summed E-state index contributed by atoms with van der Waals surface area (Å²) in [5.74, 6) is 0. The Morgan fingerprint density at radius 1 is 1.46 bits per heavy atom. The van der Waals surface area contributed by atoms with Crippen molar-refractivity contribution in [1.82, 2.24) is 4.98 Å². The zero-order valence-corrected chi connectivity index (χ0v) is 7.95. The van der Waals surface area contributed by atoms with Crippen molar-refractivity contribution in [3.8, 4) is 6.07 Å². The lowest BCUT2D eigenvalue weighted by atomic mass is 10.1. The second-order valence-corrected chi connectivity index (χ2v) is 3.07. The molecule has 0 atom stereocenters. The zero-order chi connectivity index (χ0) is 9.52. The number of aromatic nitrogens is 1. The largest absolute Gasteiger partial charge is 0.260 e. The number of hydrogen-bond acceptors (Lipinski definition) is 2. The molecular weight excluding hydrogens is 160 g/mol. The monoisotopic (exact) mass is 174 g/mol. The van der Waals surface area contributed by atoms with Gasteiger partial charge in [-0.05, 0) is 25.0 Å². The van der Waals surface area contributed by atoms with Crippen LogP contribution in [0, 0.1) is 11.3 Å². The Morgan fingerprint density at radius 2 is 2.31 bits per heavy atom. The van der Waals surface area contributed by atoms with Crippen molar-refractivity contribution in [2.45, 2.75) is 32.6 Å². The van der Waals surface area contributed by atoms with Crippen LogP contribution >= 0.6 is 0 Å². The van der Waals surface area contributed by atoms with Crippen LogP contribution in [0.5, 0.6) is 0 Å². The molecule has 0 amide bonds. The van der Waals surface area contributed by atoms with Crippen LogP contribution in [0.3, 0.4) is 0 Å². The fourth-order valence-corrected chi connectivity index (χ4v) is 1.28. The van der Waals surface area contributed by atoms with Gasteiger partial charge in [0.2, 0.25) is 0 Å². The van der Waals surface area contributed by atoms with E-state index >= 15 is 0 Å². The van der Waals surface area contributed by atoms with Gasteiger partial charge in [-0.2, -0.15) is 5.26 Å². The first kappa shape index (κ1) is 9.73. The number of rotatable bonds is 4. The van der Waals surface area contributed by atoms with E-state index in [1.54, 1.807) is 6.20 Å². The number of pyridine rings is 1. The highest BCUT2D eigenvalue weighted by atomic mass is 14.7. The molecule has 0 aliphatic carbocycles. The van der Waals surface area contributed by atoms with Crippen LogP contribution in [0.4, 0.5) is 0 Å². The summed E-state index contributed by atoms with van der Waals surface area (Å²) in [5.41, 5.74) is 1.66. The average Bonchev–Trinajstić information content (AvgIpc) is 2.19. The van der Waals surface area contributed by atoms with Gasteiger partial charge in [0, 0.05) is 6.20 Å². The SMILES string of the molecule is CCCCCc1ncccc1C#N. The third kappa shape index (κ3) is 2.87. The molecule has 0 bridgehead atoms. The Morgan fingerprint density at radius 3 is 3.00 bits per heavy atom. The van der Waals surface area contributed by atoms with Crippen LogP contribution in [0.25, 0.3) is 0 Å². The molecule has 0 aliphatic heterocycles. The third-order valence-electron chi connectivity index (χ3n) is 2.03. The smallest absolute Gasteiger partial charge is 0.101 e. The summed E-state index contributed by atoms with van der Waals surface area (Å²) >= 11 is 0. The van der Waals surface area contributed by atoms with Crippen LogP contribution in [0.1, 0.15) is 37.4 Å². The van der Waals surface area contributed by atoms with Gasteiger partial charge in [0.05, 0.1) is 11.3 Å². The number of nitrogens with zero attached hydrogens (tertiary/aromatic N) is 2. The first-order valence-electron chi connectivity index (χ1n) is 4.72. The number of aryl methyl sites for hydroxylation is 1. The summed E-state index contributed by atoms with van der Waals surface area (Å²) in [5, 5.41) is 8.78. The molecule has 0 saturated carbocycles. The van der Waals surface area contributed by atoms with Gasteiger partial charge in [-0.25, -0.2) is 0 Å².